The number of thiazole rings is 1. The summed E-state index contributed by atoms with van der Waals surface area (Å²) in [6.07, 6.45) is 3.05. The smallest absolute Gasteiger partial charge is 0.0841 e. The zero-order valence-electron chi connectivity index (χ0n) is 11.5. The SMILES string of the molecule is CCCNCc1nn(Cc2cncs2)c2ccccc12. The Morgan fingerprint density at radius 2 is 2.20 bits per heavy atom. The summed E-state index contributed by atoms with van der Waals surface area (Å²) in [5.41, 5.74) is 4.18. The molecule has 0 aliphatic heterocycles. The number of benzene rings is 1. The molecule has 0 atom stereocenters. The minimum atomic E-state index is 0.791. The average molecular weight is 286 g/mol. The van der Waals surface area contributed by atoms with Crippen LogP contribution >= 0.6 is 11.3 Å². The van der Waals surface area contributed by atoms with Gasteiger partial charge in [0.1, 0.15) is 0 Å². The van der Waals surface area contributed by atoms with Gasteiger partial charge < -0.3 is 5.32 Å². The van der Waals surface area contributed by atoms with E-state index in [0.29, 0.717) is 0 Å². The van der Waals surface area contributed by atoms with Gasteiger partial charge >= 0.3 is 0 Å². The Bertz CT molecular complexity index is 672. The van der Waals surface area contributed by atoms with Gasteiger partial charge in [-0.1, -0.05) is 25.1 Å². The molecule has 0 spiro atoms. The highest BCUT2D eigenvalue weighted by molar-refractivity contribution is 7.09. The summed E-state index contributed by atoms with van der Waals surface area (Å²) in [6.45, 7) is 4.81. The summed E-state index contributed by atoms with van der Waals surface area (Å²) >= 11 is 1.67. The molecule has 0 fully saturated rings. The molecule has 1 aromatic carbocycles. The monoisotopic (exact) mass is 286 g/mol. The topological polar surface area (TPSA) is 42.7 Å². The van der Waals surface area contributed by atoms with Crippen molar-refractivity contribution in [2.45, 2.75) is 26.4 Å². The third kappa shape index (κ3) is 2.73. The highest BCUT2D eigenvalue weighted by Crippen LogP contribution is 2.20. The summed E-state index contributed by atoms with van der Waals surface area (Å²) in [4.78, 5) is 5.36. The zero-order chi connectivity index (χ0) is 13.8. The van der Waals surface area contributed by atoms with Crippen molar-refractivity contribution in [1.29, 1.82) is 0 Å². The molecule has 5 heteroatoms. The summed E-state index contributed by atoms with van der Waals surface area (Å²) < 4.78 is 2.08. The third-order valence-electron chi connectivity index (χ3n) is 3.24. The first kappa shape index (κ1) is 13.3. The second-order valence-corrected chi connectivity index (χ2v) is 5.74. The highest BCUT2D eigenvalue weighted by atomic mass is 32.1. The van der Waals surface area contributed by atoms with Crippen LogP contribution in [0, 0.1) is 0 Å². The fraction of sp³-hybridized carbons (Fsp3) is 0.333. The number of nitrogens with zero attached hydrogens (tertiary/aromatic N) is 3. The Kier molecular flexibility index (Phi) is 4.08. The largest absolute Gasteiger partial charge is 0.311 e. The van der Waals surface area contributed by atoms with Crippen LogP contribution in [0.2, 0.25) is 0 Å². The standard InChI is InChI=1S/C15H18N4S/c1-2-7-16-9-14-13-5-3-4-6-15(13)19(18-14)10-12-8-17-11-20-12/h3-6,8,11,16H,2,7,9-10H2,1H3. The molecule has 20 heavy (non-hydrogen) atoms. The van der Waals surface area contributed by atoms with E-state index in [9.17, 15) is 0 Å². The molecule has 0 radical (unpaired) electrons. The molecule has 0 aliphatic carbocycles. The molecule has 0 aliphatic rings. The van der Waals surface area contributed by atoms with Gasteiger partial charge in [-0.3, -0.25) is 9.67 Å². The first-order valence-corrected chi connectivity index (χ1v) is 7.79. The predicted molar refractivity (Wildman–Crippen MR) is 82.9 cm³/mol. The Hall–Kier alpha value is -1.72. The number of nitrogens with one attached hydrogen (secondary N) is 1. The van der Waals surface area contributed by atoms with E-state index < -0.39 is 0 Å². The molecular weight excluding hydrogens is 268 g/mol. The van der Waals surface area contributed by atoms with Crippen molar-refractivity contribution in [2.75, 3.05) is 6.54 Å². The van der Waals surface area contributed by atoms with Crippen LogP contribution in [0.15, 0.2) is 36.0 Å². The lowest BCUT2D eigenvalue weighted by Gasteiger charge is -2.00. The van der Waals surface area contributed by atoms with Gasteiger partial charge in [0.05, 0.1) is 23.3 Å². The molecule has 2 aromatic heterocycles. The van der Waals surface area contributed by atoms with E-state index in [1.54, 1.807) is 11.3 Å². The van der Waals surface area contributed by atoms with Gasteiger partial charge in [0.25, 0.3) is 0 Å². The average Bonchev–Trinajstić information content (AvgIpc) is 3.09. The third-order valence-corrected chi connectivity index (χ3v) is 4.01. The fourth-order valence-electron chi connectivity index (χ4n) is 2.30. The van der Waals surface area contributed by atoms with Crippen LogP contribution in [0.4, 0.5) is 0 Å². The number of fused-ring (bicyclic) bond motifs is 1. The summed E-state index contributed by atoms with van der Waals surface area (Å²) in [5, 5.41) is 9.44. The molecule has 0 saturated heterocycles. The normalized spacial score (nSPS) is 11.2. The van der Waals surface area contributed by atoms with E-state index in [1.165, 1.54) is 15.8 Å². The molecule has 0 unspecified atom stereocenters. The number of para-hydroxylation sites is 1. The Morgan fingerprint density at radius 3 is 3.00 bits per heavy atom. The van der Waals surface area contributed by atoms with E-state index >= 15 is 0 Å². The molecule has 104 valence electrons. The molecule has 0 amide bonds. The number of hydrogen-bond acceptors (Lipinski definition) is 4. The Morgan fingerprint density at radius 1 is 1.30 bits per heavy atom. The van der Waals surface area contributed by atoms with Gasteiger partial charge in [-0.2, -0.15) is 5.10 Å². The lowest BCUT2D eigenvalue weighted by atomic mass is 10.2. The molecule has 3 rings (SSSR count). The number of aromatic nitrogens is 3. The molecule has 0 saturated carbocycles. The maximum absolute atomic E-state index is 4.77. The number of rotatable bonds is 6. The Labute approximate surface area is 122 Å². The minimum Gasteiger partial charge on any atom is -0.311 e. The van der Waals surface area contributed by atoms with Crippen LogP contribution in [0.25, 0.3) is 10.9 Å². The van der Waals surface area contributed by atoms with Crippen molar-refractivity contribution < 1.29 is 0 Å². The van der Waals surface area contributed by atoms with Crippen LogP contribution in [-0.4, -0.2) is 21.3 Å². The number of hydrogen-bond donors (Lipinski definition) is 1. The quantitative estimate of drug-likeness (QED) is 0.708. The van der Waals surface area contributed by atoms with E-state index in [1.807, 2.05) is 11.7 Å². The van der Waals surface area contributed by atoms with Gasteiger partial charge in [-0.05, 0) is 19.0 Å². The Balaban J connectivity index is 1.91. The molecular formula is C15H18N4S. The molecule has 3 aromatic rings. The van der Waals surface area contributed by atoms with Gasteiger partial charge in [-0.15, -0.1) is 11.3 Å². The van der Waals surface area contributed by atoms with Crippen LogP contribution in [0.5, 0.6) is 0 Å². The van der Waals surface area contributed by atoms with Crippen LogP contribution in [0.1, 0.15) is 23.9 Å². The van der Waals surface area contributed by atoms with Crippen molar-refractivity contribution in [1.82, 2.24) is 20.1 Å². The first-order valence-electron chi connectivity index (χ1n) is 6.91. The minimum absolute atomic E-state index is 0.791. The first-order chi connectivity index (χ1) is 9.88. The zero-order valence-corrected chi connectivity index (χ0v) is 12.4. The molecule has 0 bridgehead atoms. The van der Waals surface area contributed by atoms with Crippen molar-refractivity contribution in [3.05, 3.63) is 46.5 Å². The van der Waals surface area contributed by atoms with Crippen molar-refractivity contribution in [3.63, 3.8) is 0 Å². The summed E-state index contributed by atoms with van der Waals surface area (Å²) in [5.74, 6) is 0. The van der Waals surface area contributed by atoms with Gasteiger partial charge in [0.2, 0.25) is 0 Å². The maximum Gasteiger partial charge on any atom is 0.0841 e. The van der Waals surface area contributed by atoms with E-state index in [4.69, 9.17) is 5.10 Å². The second-order valence-electron chi connectivity index (χ2n) is 4.77. The van der Waals surface area contributed by atoms with Gasteiger partial charge in [0, 0.05) is 23.0 Å². The van der Waals surface area contributed by atoms with Crippen molar-refractivity contribution in [2.24, 2.45) is 0 Å². The van der Waals surface area contributed by atoms with Gasteiger partial charge in [-0.25, -0.2) is 0 Å². The lowest BCUT2D eigenvalue weighted by molar-refractivity contribution is 0.638. The maximum atomic E-state index is 4.77. The molecule has 4 nitrogen and oxygen atoms in total. The van der Waals surface area contributed by atoms with Gasteiger partial charge in [0.15, 0.2) is 0 Å². The van der Waals surface area contributed by atoms with E-state index in [-0.39, 0.29) is 0 Å². The molecule has 1 N–H and O–H groups in total. The second kappa shape index (κ2) is 6.15. The van der Waals surface area contributed by atoms with E-state index in [0.717, 1.165) is 31.7 Å². The fourth-order valence-corrected chi connectivity index (χ4v) is 2.87. The van der Waals surface area contributed by atoms with E-state index in [2.05, 4.69) is 46.2 Å². The summed E-state index contributed by atoms with van der Waals surface area (Å²) in [7, 11) is 0. The van der Waals surface area contributed by atoms with Crippen molar-refractivity contribution in [3.8, 4) is 0 Å². The predicted octanol–water partition coefficient (Wildman–Crippen LogP) is 3.04. The van der Waals surface area contributed by atoms with Crippen LogP contribution < -0.4 is 5.32 Å². The highest BCUT2D eigenvalue weighted by Gasteiger charge is 2.10. The summed E-state index contributed by atoms with van der Waals surface area (Å²) in [6, 6.07) is 8.42. The van der Waals surface area contributed by atoms with Crippen LogP contribution in [0.3, 0.4) is 0 Å². The lowest BCUT2D eigenvalue weighted by Crippen LogP contribution is -2.14. The van der Waals surface area contributed by atoms with Crippen LogP contribution in [-0.2, 0) is 13.1 Å². The molecule has 2 heterocycles. The van der Waals surface area contributed by atoms with Crippen molar-refractivity contribution >= 4 is 22.2 Å².